The van der Waals surface area contributed by atoms with E-state index in [4.69, 9.17) is 4.74 Å². The predicted octanol–water partition coefficient (Wildman–Crippen LogP) is 2.85. The lowest BCUT2D eigenvalue weighted by molar-refractivity contribution is 0.0955. The third-order valence-corrected chi connectivity index (χ3v) is 3.15. The molecule has 0 saturated carbocycles. The van der Waals surface area contributed by atoms with E-state index in [9.17, 15) is 5.11 Å². The quantitative estimate of drug-likeness (QED) is 0.809. The molecule has 1 aromatic carbocycles. The molecular formula is C15H25NO2. The number of nitrogens with zero attached hydrogens (tertiary/aromatic N) is 1. The Morgan fingerprint density at radius 2 is 1.83 bits per heavy atom. The van der Waals surface area contributed by atoms with Gasteiger partial charge in [-0.2, -0.15) is 0 Å². The molecule has 1 aromatic rings. The first-order chi connectivity index (χ1) is 8.58. The van der Waals surface area contributed by atoms with Crippen molar-refractivity contribution >= 4 is 0 Å². The summed E-state index contributed by atoms with van der Waals surface area (Å²) in [7, 11) is 1.65. The van der Waals surface area contributed by atoms with Gasteiger partial charge >= 0.3 is 0 Å². The molecule has 1 N–H and O–H groups in total. The molecule has 0 fully saturated rings. The number of hydrogen-bond acceptors (Lipinski definition) is 3. The van der Waals surface area contributed by atoms with Gasteiger partial charge in [-0.1, -0.05) is 19.1 Å². The Balaban J connectivity index is 2.64. The highest BCUT2D eigenvalue weighted by Crippen LogP contribution is 2.19. The summed E-state index contributed by atoms with van der Waals surface area (Å²) in [6, 6.07) is 8.08. The zero-order chi connectivity index (χ0) is 13.5. The molecule has 1 unspecified atom stereocenters. The predicted molar refractivity (Wildman–Crippen MR) is 75.0 cm³/mol. The van der Waals surface area contributed by atoms with Crippen LogP contribution >= 0.6 is 0 Å². The highest BCUT2D eigenvalue weighted by Gasteiger charge is 2.15. The minimum absolute atomic E-state index is 0.440. The number of aliphatic hydroxyl groups excluding tert-OH is 1. The summed E-state index contributed by atoms with van der Waals surface area (Å²) in [6.45, 7) is 8.19. The molecule has 0 amide bonds. The molecule has 0 radical (unpaired) electrons. The van der Waals surface area contributed by atoms with Gasteiger partial charge in [-0.05, 0) is 44.5 Å². The SMILES string of the molecule is CCCN(CC(O)c1ccc(OC)cc1)C(C)C. The van der Waals surface area contributed by atoms with Crippen LogP contribution in [-0.4, -0.2) is 36.2 Å². The molecule has 0 aliphatic rings. The number of benzene rings is 1. The van der Waals surface area contributed by atoms with E-state index in [1.165, 1.54) is 0 Å². The largest absolute Gasteiger partial charge is 0.497 e. The standard InChI is InChI=1S/C15H25NO2/c1-5-10-16(12(2)3)11-15(17)13-6-8-14(18-4)9-7-13/h6-9,12,15,17H,5,10-11H2,1-4H3. The lowest BCUT2D eigenvalue weighted by Gasteiger charge is -2.28. The molecule has 3 nitrogen and oxygen atoms in total. The van der Waals surface area contributed by atoms with E-state index in [-0.39, 0.29) is 0 Å². The van der Waals surface area contributed by atoms with Gasteiger partial charge in [0.25, 0.3) is 0 Å². The van der Waals surface area contributed by atoms with Crippen LogP contribution in [0.2, 0.25) is 0 Å². The first-order valence-corrected chi connectivity index (χ1v) is 6.64. The zero-order valence-electron chi connectivity index (χ0n) is 11.9. The molecule has 0 saturated heterocycles. The van der Waals surface area contributed by atoms with Crippen LogP contribution in [0.25, 0.3) is 0 Å². The van der Waals surface area contributed by atoms with Gasteiger partial charge in [-0.15, -0.1) is 0 Å². The fraction of sp³-hybridized carbons (Fsp3) is 0.600. The second kappa shape index (κ2) is 7.39. The van der Waals surface area contributed by atoms with Crippen LogP contribution in [-0.2, 0) is 0 Å². The number of methoxy groups -OCH3 is 1. The normalized spacial score (nSPS) is 13.1. The van der Waals surface area contributed by atoms with Gasteiger partial charge in [-0.25, -0.2) is 0 Å². The fourth-order valence-corrected chi connectivity index (χ4v) is 2.00. The number of hydrogen-bond donors (Lipinski definition) is 1. The van der Waals surface area contributed by atoms with Crippen molar-refractivity contribution in [2.45, 2.75) is 39.3 Å². The second-order valence-electron chi connectivity index (χ2n) is 4.88. The summed E-state index contributed by atoms with van der Waals surface area (Å²) in [5.41, 5.74) is 0.942. The van der Waals surface area contributed by atoms with Gasteiger partial charge in [0, 0.05) is 12.6 Å². The van der Waals surface area contributed by atoms with E-state index < -0.39 is 6.10 Å². The van der Waals surface area contributed by atoms with Crippen molar-refractivity contribution in [3.8, 4) is 5.75 Å². The molecule has 0 spiro atoms. The van der Waals surface area contributed by atoms with Crippen LogP contribution in [0.1, 0.15) is 38.9 Å². The Hall–Kier alpha value is -1.06. The summed E-state index contributed by atoms with van der Waals surface area (Å²) in [4.78, 5) is 2.30. The molecule has 1 atom stereocenters. The lowest BCUT2D eigenvalue weighted by Crippen LogP contribution is -2.35. The zero-order valence-corrected chi connectivity index (χ0v) is 11.9. The van der Waals surface area contributed by atoms with Crippen molar-refractivity contribution in [3.63, 3.8) is 0 Å². The highest BCUT2D eigenvalue weighted by molar-refractivity contribution is 5.28. The Morgan fingerprint density at radius 3 is 2.28 bits per heavy atom. The highest BCUT2D eigenvalue weighted by atomic mass is 16.5. The van der Waals surface area contributed by atoms with Crippen molar-refractivity contribution in [1.29, 1.82) is 0 Å². The van der Waals surface area contributed by atoms with Crippen molar-refractivity contribution < 1.29 is 9.84 Å². The Morgan fingerprint density at radius 1 is 1.22 bits per heavy atom. The Kier molecular flexibility index (Phi) is 6.16. The monoisotopic (exact) mass is 251 g/mol. The Bertz CT molecular complexity index is 335. The summed E-state index contributed by atoms with van der Waals surface area (Å²) in [6.07, 6.45) is 0.665. The molecule has 18 heavy (non-hydrogen) atoms. The minimum Gasteiger partial charge on any atom is -0.497 e. The molecule has 0 heterocycles. The maximum Gasteiger partial charge on any atom is 0.118 e. The summed E-state index contributed by atoms with van der Waals surface area (Å²) in [5.74, 6) is 0.820. The molecule has 1 rings (SSSR count). The maximum atomic E-state index is 10.2. The van der Waals surface area contributed by atoms with Crippen LogP contribution in [0.4, 0.5) is 0 Å². The number of rotatable bonds is 7. The molecule has 3 heteroatoms. The first-order valence-electron chi connectivity index (χ1n) is 6.64. The summed E-state index contributed by atoms with van der Waals surface area (Å²) < 4.78 is 5.11. The van der Waals surface area contributed by atoms with E-state index in [0.717, 1.165) is 24.3 Å². The second-order valence-corrected chi connectivity index (χ2v) is 4.88. The summed E-state index contributed by atoms with van der Waals surface area (Å²) >= 11 is 0. The van der Waals surface area contributed by atoms with Crippen LogP contribution in [0.5, 0.6) is 5.75 Å². The van der Waals surface area contributed by atoms with Gasteiger partial charge in [0.05, 0.1) is 13.2 Å². The third kappa shape index (κ3) is 4.31. The van der Waals surface area contributed by atoms with Crippen LogP contribution in [0, 0.1) is 0 Å². The van der Waals surface area contributed by atoms with E-state index in [1.54, 1.807) is 7.11 Å². The third-order valence-electron chi connectivity index (χ3n) is 3.15. The molecule has 0 aromatic heterocycles. The number of aliphatic hydroxyl groups is 1. The van der Waals surface area contributed by atoms with Crippen LogP contribution in [0.15, 0.2) is 24.3 Å². The Labute approximate surface area is 110 Å². The molecule has 0 aliphatic heterocycles. The minimum atomic E-state index is -0.440. The van der Waals surface area contributed by atoms with Crippen LogP contribution in [0.3, 0.4) is 0 Å². The van der Waals surface area contributed by atoms with Gasteiger partial charge in [0.1, 0.15) is 5.75 Å². The van der Waals surface area contributed by atoms with Gasteiger partial charge in [0.2, 0.25) is 0 Å². The van der Waals surface area contributed by atoms with Gasteiger partial charge in [0.15, 0.2) is 0 Å². The smallest absolute Gasteiger partial charge is 0.118 e. The summed E-state index contributed by atoms with van der Waals surface area (Å²) in [5, 5.41) is 10.2. The topological polar surface area (TPSA) is 32.7 Å². The van der Waals surface area contributed by atoms with E-state index in [0.29, 0.717) is 12.6 Å². The average molecular weight is 251 g/mol. The van der Waals surface area contributed by atoms with Crippen molar-refractivity contribution in [1.82, 2.24) is 4.90 Å². The van der Waals surface area contributed by atoms with Gasteiger partial charge in [-0.3, -0.25) is 4.90 Å². The average Bonchev–Trinajstić information content (AvgIpc) is 2.38. The van der Waals surface area contributed by atoms with Crippen molar-refractivity contribution in [2.24, 2.45) is 0 Å². The number of ether oxygens (including phenoxy) is 1. The van der Waals surface area contributed by atoms with E-state index in [2.05, 4.69) is 25.7 Å². The van der Waals surface area contributed by atoms with Crippen molar-refractivity contribution in [3.05, 3.63) is 29.8 Å². The lowest BCUT2D eigenvalue weighted by atomic mass is 10.1. The van der Waals surface area contributed by atoms with Crippen molar-refractivity contribution in [2.75, 3.05) is 20.2 Å². The van der Waals surface area contributed by atoms with E-state index >= 15 is 0 Å². The first kappa shape index (κ1) is 15.0. The molecule has 102 valence electrons. The van der Waals surface area contributed by atoms with Crippen LogP contribution < -0.4 is 4.74 Å². The maximum absolute atomic E-state index is 10.2. The van der Waals surface area contributed by atoms with E-state index in [1.807, 2.05) is 24.3 Å². The molecule has 0 bridgehead atoms. The fourth-order valence-electron chi connectivity index (χ4n) is 2.00. The van der Waals surface area contributed by atoms with Gasteiger partial charge < -0.3 is 9.84 Å². The molecule has 0 aliphatic carbocycles. The molecular weight excluding hydrogens is 226 g/mol.